The van der Waals surface area contributed by atoms with Crippen LogP contribution in [0.5, 0.6) is 0 Å². The molecule has 0 atom stereocenters. The molecule has 0 bridgehead atoms. The van der Waals surface area contributed by atoms with Gasteiger partial charge in [-0.3, -0.25) is 10.1 Å². The van der Waals surface area contributed by atoms with Crippen LogP contribution in [0.4, 0.5) is 9.52 Å². The Labute approximate surface area is 186 Å². The molecule has 2 aromatic heterocycles. The van der Waals surface area contributed by atoms with Gasteiger partial charge in [-0.2, -0.15) is 0 Å². The second-order valence-corrected chi connectivity index (χ2v) is 8.53. The highest BCUT2D eigenvalue weighted by atomic mass is 35.5. The van der Waals surface area contributed by atoms with Crippen LogP contribution >= 0.6 is 34.5 Å². The number of hydrogen-bond acceptors (Lipinski definition) is 4. The van der Waals surface area contributed by atoms with Crippen molar-refractivity contribution < 1.29 is 13.6 Å². The highest BCUT2D eigenvalue weighted by molar-refractivity contribution is 7.15. The van der Waals surface area contributed by atoms with E-state index in [1.165, 1.54) is 23.5 Å². The van der Waals surface area contributed by atoms with Gasteiger partial charge in [0, 0.05) is 23.1 Å². The fourth-order valence-corrected chi connectivity index (χ4v) is 4.05. The maximum absolute atomic E-state index is 13.0. The Balaban J connectivity index is 1.48. The van der Waals surface area contributed by atoms with Gasteiger partial charge in [0.15, 0.2) is 5.13 Å². The van der Waals surface area contributed by atoms with Crippen LogP contribution in [0.2, 0.25) is 10.0 Å². The monoisotopic (exact) mass is 460 g/mol. The van der Waals surface area contributed by atoms with Crippen molar-refractivity contribution in [3.8, 4) is 11.3 Å². The largest absolute Gasteiger partial charge is 0.461 e. The smallest absolute Gasteiger partial charge is 0.261 e. The summed E-state index contributed by atoms with van der Waals surface area (Å²) in [5.74, 6) is 0.418. The summed E-state index contributed by atoms with van der Waals surface area (Å²) in [6, 6.07) is 13.1. The molecule has 0 fully saturated rings. The van der Waals surface area contributed by atoms with E-state index >= 15 is 0 Å². The van der Waals surface area contributed by atoms with Crippen LogP contribution in [-0.4, -0.2) is 10.9 Å². The van der Waals surface area contributed by atoms with Crippen LogP contribution in [0.25, 0.3) is 11.3 Å². The minimum atomic E-state index is -0.315. The van der Waals surface area contributed by atoms with Crippen molar-refractivity contribution in [2.45, 2.75) is 13.3 Å². The Morgan fingerprint density at radius 2 is 1.90 bits per heavy atom. The van der Waals surface area contributed by atoms with Crippen molar-refractivity contribution in [3.63, 3.8) is 0 Å². The number of benzene rings is 2. The summed E-state index contributed by atoms with van der Waals surface area (Å²) in [6.07, 6.45) is 2.31. The number of aryl methyl sites for hydroxylation is 1. The van der Waals surface area contributed by atoms with E-state index < -0.39 is 0 Å². The van der Waals surface area contributed by atoms with Crippen molar-refractivity contribution in [1.29, 1.82) is 0 Å². The number of hydrogen-bond donors (Lipinski definition) is 1. The summed E-state index contributed by atoms with van der Waals surface area (Å²) in [7, 11) is 0. The van der Waals surface area contributed by atoms with Gasteiger partial charge in [-0.05, 0) is 48.9 Å². The quantitative estimate of drug-likeness (QED) is 0.348. The third-order valence-corrected chi connectivity index (χ3v) is 6.08. The van der Waals surface area contributed by atoms with E-state index in [1.54, 1.807) is 49.5 Å². The molecular weight excluding hydrogens is 446 g/mol. The number of thiazole rings is 1. The summed E-state index contributed by atoms with van der Waals surface area (Å²) in [6.45, 7) is 1.72. The first kappa shape index (κ1) is 20.6. The third kappa shape index (κ3) is 4.56. The molecular formula is C22H15Cl2FN2O2S. The maximum atomic E-state index is 13.0. The maximum Gasteiger partial charge on any atom is 0.261 e. The fourth-order valence-electron chi connectivity index (χ4n) is 2.91. The second-order valence-electron chi connectivity index (χ2n) is 6.60. The average Bonchev–Trinajstić information content (AvgIpc) is 3.32. The van der Waals surface area contributed by atoms with Gasteiger partial charge in [-0.25, -0.2) is 9.37 Å². The normalized spacial score (nSPS) is 10.9. The van der Waals surface area contributed by atoms with Crippen LogP contribution in [0.15, 0.2) is 59.1 Å². The van der Waals surface area contributed by atoms with Crippen molar-refractivity contribution >= 4 is 45.6 Å². The summed E-state index contributed by atoms with van der Waals surface area (Å²) in [5.41, 5.74) is 2.10. The minimum Gasteiger partial charge on any atom is -0.461 e. The molecule has 152 valence electrons. The molecule has 2 heterocycles. The summed E-state index contributed by atoms with van der Waals surface area (Å²) < 4.78 is 18.8. The van der Waals surface area contributed by atoms with E-state index in [0.29, 0.717) is 38.7 Å². The van der Waals surface area contributed by atoms with Crippen molar-refractivity contribution in [1.82, 2.24) is 4.98 Å². The fraction of sp³-hybridized carbons (Fsp3) is 0.0909. The number of nitrogens with one attached hydrogen (secondary N) is 1. The molecule has 2 aromatic carbocycles. The standard InChI is InChI=1S/C22H15Cl2FN2O2S/c1-12-17(10-20(29-12)14-4-7-18(23)19(24)9-14)21(28)27-22-26-11-16(30-22)8-13-2-5-15(25)6-3-13/h2-7,9-11H,8H2,1H3,(H,26,27,28). The molecule has 0 aliphatic heterocycles. The summed E-state index contributed by atoms with van der Waals surface area (Å²) in [4.78, 5) is 17.9. The number of rotatable bonds is 5. The molecule has 1 N–H and O–H groups in total. The molecule has 0 spiro atoms. The number of aromatic nitrogens is 1. The molecule has 0 radical (unpaired) electrons. The molecule has 0 unspecified atom stereocenters. The van der Waals surface area contributed by atoms with E-state index in [9.17, 15) is 9.18 Å². The molecule has 4 nitrogen and oxygen atoms in total. The van der Waals surface area contributed by atoms with Gasteiger partial charge in [0.2, 0.25) is 0 Å². The number of halogens is 3. The number of furan rings is 1. The van der Waals surface area contributed by atoms with Crippen molar-refractivity contribution in [2.75, 3.05) is 5.32 Å². The molecule has 8 heteroatoms. The predicted octanol–water partition coefficient (Wildman–Crippen LogP) is 7.00. The average molecular weight is 461 g/mol. The molecule has 4 aromatic rings. The van der Waals surface area contributed by atoms with Crippen LogP contribution in [-0.2, 0) is 6.42 Å². The topological polar surface area (TPSA) is 55.1 Å². The molecule has 0 saturated heterocycles. The highest BCUT2D eigenvalue weighted by Crippen LogP contribution is 2.31. The number of anilines is 1. The van der Waals surface area contributed by atoms with Crippen LogP contribution in [0.1, 0.15) is 26.6 Å². The molecule has 4 rings (SSSR count). The zero-order valence-electron chi connectivity index (χ0n) is 15.7. The Hall–Kier alpha value is -2.67. The molecule has 0 aliphatic rings. The zero-order chi connectivity index (χ0) is 21.3. The Morgan fingerprint density at radius 1 is 1.13 bits per heavy atom. The molecule has 0 aliphatic carbocycles. The van der Waals surface area contributed by atoms with Gasteiger partial charge >= 0.3 is 0 Å². The number of amides is 1. The van der Waals surface area contributed by atoms with Gasteiger partial charge in [-0.1, -0.05) is 35.3 Å². The number of carbonyl (C=O) groups excluding carboxylic acids is 1. The highest BCUT2D eigenvalue weighted by Gasteiger charge is 2.18. The third-order valence-electron chi connectivity index (χ3n) is 4.43. The molecule has 0 saturated carbocycles. The lowest BCUT2D eigenvalue weighted by Crippen LogP contribution is -2.11. The summed E-state index contributed by atoms with van der Waals surface area (Å²) in [5, 5.41) is 4.14. The summed E-state index contributed by atoms with van der Waals surface area (Å²) >= 11 is 13.4. The zero-order valence-corrected chi connectivity index (χ0v) is 18.0. The van der Waals surface area contributed by atoms with Gasteiger partial charge in [0.05, 0.1) is 15.6 Å². The van der Waals surface area contributed by atoms with Crippen molar-refractivity contribution in [2.24, 2.45) is 0 Å². The lowest BCUT2D eigenvalue weighted by molar-refractivity contribution is 0.102. The van der Waals surface area contributed by atoms with E-state index in [-0.39, 0.29) is 11.7 Å². The lowest BCUT2D eigenvalue weighted by Gasteiger charge is -2.00. The number of carbonyl (C=O) groups is 1. The Kier molecular flexibility index (Phi) is 5.90. The molecule has 1 amide bonds. The van der Waals surface area contributed by atoms with Gasteiger partial charge in [0.1, 0.15) is 17.3 Å². The van der Waals surface area contributed by atoms with Crippen LogP contribution in [0.3, 0.4) is 0 Å². The first-order chi connectivity index (χ1) is 14.4. The molecule has 30 heavy (non-hydrogen) atoms. The Bertz CT molecular complexity index is 1220. The van der Waals surface area contributed by atoms with Crippen LogP contribution in [0, 0.1) is 12.7 Å². The van der Waals surface area contributed by atoms with Crippen molar-refractivity contribution in [3.05, 3.63) is 92.4 Å². The van der Waals surface area contributed by atoms with Gasteiger partial charge in [0.25, 0.3) is 5.91 Å². The van der Waals surface area contributed by atoms with Gasteiger partial charge < -0.3 is 4.42 Å². The second kappa shape index (κ2) is 8.60. The Morgan fingerprint density at radius 3 is 2.63 bits per heavy atom. The predicted molar refractivity (Wildman–Crippen MR) is 118 cm³/mol. The van der Waals surface area contributed by atoms with E-state index in [2.05, 4.69) is 10.3 Å². The van der Waals surface area contributed by atoms with E-state index in [4.69, 9.17) is 27.6 Å². The number of nitrogens with zero attached hydrogens (tertiary/aromatic N) is 1. The van der Waals surface area contributed by atoms with Gasteiger partial charge in [-0.15, -0.1) is 11.3 Å². The minimum absolute atomic E-state index is 0.272. The van der Waals surface area contributed by atoms with E-state index in [1.807, 2.05) is 0 Å². The first-order valence-corrected chi connectivity index (χ1v) is 10.5. The van der Waals surface area contributed by atoms with E-state index in [0.717, 1.165) is 16.0 Å². The lowest BCUT2D eigenvalue weighted by atomic mass is 10.1. The SMILES string of the molecule is Cc1oc(-c2ccc(Cl)c(Cl)c2)cc1C(=O)Nc1ncc(Cc2ccc(F)cc2)s1. The van der Waals surface area contributed by atoms with Crippen LogP contribution < -0.4 is 5.32 Å². The first-order valence-electron chi connectivity index (χ1n) is 8.95.